The second-order valence-corrected chi connectivity index (χ2v) is 7.99. The molecule has 2 aliphatic rings. The minimum atomic E-state index is -2.92. The average Bonchev–Trinajstić information content (AvgIpc) is 2.92. The molecule has 0 amide bonds. The van der Waals surface area contributed by atoms with Gasteiger partial charge in [0, 0.05) is 18.8 Å². The highest BCUT2D eigenvalue weighted by Crippen LogP contribution is 2.37. The molecule has 1 fully saturated rings. The largest absolute Gasteiger partial charge is 0.486 e. The van der Waals surface area contributed by atoms with Crippen molar-refractivity contribution < 1.29 is 17.9 Å². The van der Waals surface area contributed by atoms with E-state index in [0.717, 1.165) is 30.9 Å². The summed E-state index contributed by atoms with van der Waals surface area (Å²) in [6.07, 6.45) is 3.45. The zero-order chi connectivity index (χ0) is 14.9. The Labute approximate surface area is 125 Å². The fourth-order valence-corrected chi connectivity index (χ4v) is 3.59. The van der Waals surface area contributed by atoms with Gasteiger partial charge in [-0.15, -0.1) is 0 Å². The van der Waals surface area contributed by atoms with Gasteiger partial charge in [-0.25, -0.2) is 8.42 Å². The van der Waals surface area contributed by atoms with E-state index in [1.807, 2.05) is 12.1 Å². The molecule has 1 saturated heterocycles. The molecule has 0 aromatic heterocycles. The van der Waals surface area contributed by atoms with E-state index in [0.29, 0.717) is 19.8 Å². The summed E-state index contributed by atoms with van der Waals surface area (Å²) in [4.78, 5) is 2.26. The van der Waals surface area contributed by atoms with Crippen molar-refractivity contribution in [3.63, 3.8) is 0 Å². The first-order valence-corrected chi connectivity index (χ1v) is 9.40. The Bertz CT molecular complexity index is 614. The molecular formula is C15H21NO4S. The first kappa shape index (κ1) is 14.7. The summed E-state index contributed by atoms with van der Waals surface area (Å²) in [5.41, 5.74) is 1.19. The summed E-state index contributed by atoms with van der Waals surface area (Å²) in [5, 5.41) is 0. The molecule has 1 aromatic rings. The minimum absolute atomic E-state index is 0.216. The Morgan fingerprint density at radius 1 is 1.24 bits per heavy atom. The van der Waals surface area contributed by atoms with E-state index in [1.54, 1.807) is 0 Å². The Morgan fingerprint density at radius 3 is 2.76 bits per heavy atom. The van der Waals surface area contributed by atoms with Crippen molar-refractivity contribution in [3.8, 4) is 11.5 Å². The van der Waals surface area contributed by atoms with Crippen molar-refractivity contribution >= 4 is 9.84 Å². The molecule has 116 valence electrons. The lowest BCUT2D eigenvalue weighted by molar-refractivity contribution is 0.170. The van der Waals surface area contributed by atoms with Crippen LogP contribution in [-0.4, -0.2) is 51.6 Å². The molecule has 1 aromatic carbocycles. The summed E-state index contributed by atoms with van der Waals surface area (Å²) in [5.74, 6) is 1.81. The Balaban J connectivity index is 1.75. The smallest absolute Gasteiger partial charge is 0.161 e. The van der Waals surface area contributed by atoms with Crippen LogP contribution in [0.5, 0.6) is 11.5 Å². The molecule has 1 atom stereocenters. The third-order valence-electron chi connectivity index (χ3n) is 4.06. The zero-order valence-corrected chi connectivity index (χ0v) is 13.1. The van der Waals surface area contributed by atoms with Gasteiger partial charge >= 0.3 is 0 Å². The first-order chi connectivity index (χ1) is 10.0. The molecular weight excluding hydrogens is 290 g/mol. The molecule has 0 aliphatic carbocycles. The standard InChI is InChI=1S/C15H21NO4S/c1-21(17,18)10-7-16-6-2-3-13(16)12-4-5-14-15(11-12)20-9-8-19-14/h4-5,11,13H,2-3,6-10H2,1H3/t13-/m0/s1. The number of nitrogens with zero attached hydrogens (tertiary/aromatic N) is 1. The highest BCUT2D eigenvalue weighted by Gasteiger charge is 2.27. The summed E-state index contributed by atoms with van der Waals surface area (Å²) in [6, 6.07) is 6.34. The number of fused-ring (bicyclic) bond motifs is 1. The van der Waals surface area contributed by atoms with Gasteiger partial charge in [-0.05, 0) is 37.1 Å². The topological polar surface area (TPSA) is 55.8 Å². The van der Waals surface area contributed by atoms with E-state index in [1.165, 1.54) is 11.8 Å². The van der Waals surface area contributed by atoms with Crippen LogP contribution in [0.1, 0.15) is 24.4 Å². The molecule has 0 spiro atoms. The van der Waals surface area contributed by atoms with Gasteiger partial charge < -0.3 is 9.47 Å². The summed E-state index contributed by atoms with van der Waals surface area (Å²) in [6.45, 7) is 2.72. The lowest BCUT2D eigenvalue weighted by Crippen LogP contribution is -2.29. The van der Waals surface area contributed by atoms with Crippen LogP contribution in [0.4, 0.5) is 0 Å². The third kappa shape index (κ3) is 3.49. The molecule has 0 radical (unpaired) electrons. The van der Waals surface area contributed by atoms with Crippen molar-refractivity contribution in [1.29, 1.82) is 0 Å². The van der Waals surface area contributed by atoms with Gasteiger partial charge in [0.2, 0.25) is 0 Å². The van der Waals surface area contributed by atoms with E-state index >= 15 is 0 Å². The molecule has 0 bridgehead atoms. The van der Waals surface area contributed by atoms with Crippen LogP contribution in [0.3, 0.4) is 0 Å². The molecule has 6 heteroatoms. The SMILES string of the molecule is CS(=O)(=O)CCN1CCC[C@H]1c1ccc2c(c1)OCCO2. The number of benzene rings is 1. The normalized spacial score (nSPS) is 22.4. The number of hydrogen-bond donors (Lipinski definition) is 0. The van der Waals surface area contributed by atoms with Crippen molar-refractivity contribution in [3.05, 3.63) is 23.8 Å². The van der Waals surface area contributed by atoms with Gasteiger partial charge in [0.15, 0.2) is 11.5 Å². The predicted molar refractivity (Wildman–Crippen MR) is 80.7 cm³/mol. The van der Waals surface area contributed by atoms with E-state index in [4.69, 9.17) is 9.47 Å². The van der Waals surface area contributed by atoms with Crippen LogP contribution in [0.25, 0.3) is 0 Å². The van der Waals surface area contributed by atoms with Crippen LogP contribution in [0.2, 0.25) is 0 Å². The Hall–Kier alpha value is -1.27. The maximum atomic E-state index is 11.4. The lowest BCUT2D eigenvalue weighted by atomic mass is 10.0. The van der Waals surface area contributed by atoms with Crippen molar-refractivity contribution in [2.24, 2.45) is 0 Å². The van der Waals surface area contributed by atoms with E-state index in [-0.39, 0.29) is 11.8 Å². The second kappa shape index (κ2) is 5.85. The van der Waals surface area contributed by atoms with Gasteiger partial charge in [-0.1, -0.05) is 6.07 Å². The summed E-state index contributed by atoms with van der Waals surface area (Å²) in [7, 11) is -2.92. The molecule has 0 unspecified atom stereocenters. The fourth-order valence-electron chi connectivity index (χ4n) is 3.02. The van der Waals surface area contributed by atoms with E-state index in [2.05, 4.69) is 11.0 Å². The van der Waals surface area contributed by atoms with Crippen molar-refractivity contribution in [1.82, 2.24) is 4.90 Å². The maximum absolute atomic E-state index is 11.4. The first-order valence-electron chi connectivity index (χ1n) is 7.34. The van der Waals surface area contributed by atoms with Gasteiger partial charge in [-0.2, -0.15) is 0 Å². The quantitative estimate of drug-likeness (QED) is 0.846. The Morgan fingerprint density at radius 2 is 2.00 bits per heavy atom. The Kier molecular flexibility index (Phi) is 4.08. The third-order valence-corrected chi connectivity index (χ3v) is 4.99. The van der Waals surface area contributed by atoms with E-state index < -0.39 is 9.84 Å². The van der Waals surface area contributed by atoms with Crippen LogP contribution in [-0.2, 0) is 9.84 Å². The molecule has 21 heavy (non-hydrogen) atoms. The van der Waals surface area contributed by atoms with Crippen LogP contribution >= 0.6 is 0 Å². The molecule has 0 N–H and O–H groups in total. The monoisotopic (exact) mass is 311 g/mol. The zero-order valence-electron chi connectivity index (χ0n) is 12.2. The minimum Gasteiger partial charge on any atom is -0.486 e. The number of rotatable bonds is 4. The number of sulfone groups is 1. The highest BCUT2D eigenvalue weighted by molar-refractivity contribution is 7.90. The summed E-state index contributed by atoms with van der Waals surface area (Å²) >= 11 is 0. The van der Waals surface area contributed by atoms with Gasteiger partial charge in [0.05, 0.1) is 5.75 Å². The van der Waals surface area contributed by atoms with Crippen LogP contribution < -0.4 is 9.47 Å². The predicted octanol–water partition coefficient (Wildman–Crippen LogP) is 1.64. The van der Waals surface area contributed by atoms with Crippen molar-refractivity contribution in [2.75, 3.05) is 38.3 Å². The molecule has 0 saturated carbocycles. The van der Waals surface area contributed by atoms with Crippen LogP contribution in [0, 0.1) is 0 Å². The molecule has 2 aliphatic heterocycles. The lowest BCUT2D eigenvalue weighted by Gasteiger charge is -2.26. The molecule has 2 heterocycles. The van der Waals surface area contributed by atoms with Gasteiger partial charge in [0.25, 0.3) is 0 Å². The van der Waals surface area contributed by atoms with Crippen molar-refractivity contribution in [2.45, 2.75) is 18.9 Å². The maximum Gasteiger partial charge on any atom is 0.161 e. The second-order valence-electron chi connectivity index (χ2n) is 5.73. The fraction of sp³-hybridized carbons (Fsp3) is 0.600. The highest BCUT2D eigenvalue weighted by atomic mass is 32.2. The van der Waals surface area contributed by atoms with Crippen LogP contribution in [0.15, 0.2) is 18.2 Å². The summed E-state index contributed by atoms with van der Waals surface area (Å²) < 4.78 is 33.9. The number of ether oxygens (including phenoxy) is 2. The van der Waals surface area contributed by atoms with E-state index in [9.17, 15) is 8.42 Å². The number of hydrogen-bond acceptors (Lipinski definition) is 5. The molecule has 5 nitrogen and oxygen atoms in total. The van der Waals surface area contributed by atoms with Gasteiger partial charge in [0.1, 0.15) is 23.1 Å². The average molecular weight is 311 g/mol. The van der Waals surface area contributed by atoms with Gasteiger partial charge in [-0.3, -0.25) is 4.90 Å². The number of likely N-dealkylation sites (tertiary alicyclic amines) is 1. The molecule has 3 rings (SSSR count).